The zero-order chi connectivity index (χ0) is 9.03. The number of halogens is 3. The van der Waals surface area contributed by atoms with Gasteiger partial charge in [0.05, 0.1) is 0 Å². The smallest absolute Gasteiger partial charge is 0.209 e. The third-order valence-corrected chi connectivity index (χ3v) is 2.41. The highest BCUT2D eigenvalue weighted by atomic mass is 79.9. The molecule has 1 aromatic carbocycles. The maximum atomic E-state index is 13.6. The quantitative estimate of drug-likeness (QED) is 0.716. The Morgan fingerprint density at radius 3 is 2.42 bits per heavy atom. The molecule has 1 aromatic rings. The van der Waals surface area contributed by atoms with Crippen molar-refractivity contribution in [3.05, 3.63) is 35.9 Å². The van der Waals surface area contributed by atoms with Gasteiger partial charge < -0.3 is 0 Å². The van der Waals surface area contributed by atoms with Gasteiger partial charge in [0.1, 0.15) is 0 Å². The first-order valence-electron chi connectivity index (χ1n) is 3.66. The minimum atomic E-state index is -1.73. The van der Waals surface area contributed by atoms with Crippen LogP contribution < -0.4 is 0 Å². The van der Waals surface area contributed by atoms with Gasteiger partial charge in [-0.25, -0.2) is 4.39 Å². The lowest BCUT2D eigenvalue weighted by molar-refractivity contribution is 0.278. The second-order valence-electron chi connectivity index (χ2n) is 2.51. The molecule has 0 radical (unpaired) electrons. The Bertz CT molecular complexity index is 236. The fourth-order valence-corrected chi connectivity index (χ4v) is 1.94. The van der Waals surface area contributed by atoms with Crippen LogP contribution in [-0.4, -0.2) is 5.33 Å². The summed E-state index contributed by atoms with van der Waals surface area (Å²) in [6.45, 7) is 0. The summed E-state index contributed by atoms with van der Waals surface area (Å²) in [4.78, 5) is 0. The average Bonchev–Trinajstić information content (AvgIpc) is 2.06. The molecule has 0 nitrogen and oxygen atoms in total. The number of rotatable bonds is 3. The molecule has 1 rings (SSSR count). The fourth-order valence-electron chi connectivity index (χ4n) is 0.945. The number of hydrogen-bond acceptors (Lipinski definition) is 0. The van der Waals surface area contributed by atoms with Crippen molar-refractivity contribution in [3.8, 4) is 0 Å². The summed E-state index contributed by atoms with van der Waals surface area (Å²) >= 11 is 8.82. The normalized spacial score (nSPS) is 15.6. The Labute approximate surface area is 84.9 Å². The summed E-state index contributed by atoms with van der Waals surface area (Å²) in [5.41, 5.74) is 0.520. The zero-order valence-corrected chi connectivity index (χ0v) is 8.78. The number of benzene rings is 1. The van der Waals surface area contributed by atoms with Gasteiger partial charge in [-0.3, -0.25) is 0 Å². The molecular formula is C9H9BrClF. The van der Waals surface area contributed by atoms with Crippen molar-refractivity contribution in [1.29, 1.82) is 0 Å². The van der Waals surface area contributed by atoms with Crippen LogP contribution in [0.3, 0.4) is 0 Å². The van der Waals surface area contributed by atoms with Gasteiger partial charge in [0.25, 0.3) is 0 Å². The molecule has 1 unspecified atom stereocenters. The molecule has 1 atom stereocenters. The summed E-state index contributed by atoms with van der Waals surface area (Å²) < 4.78 is 13.6. The lowest BCUT2D eigenvalue weighted by Crippen LogP contribution is -2.11. The number of hydrogen-bond donors (Lipinski definition) is 0. The van der Waals surface area contributed by atoms with Crippen LogP contribution in [0.25, 0.3) is 0 Å². The van der Waals surface area contributed by atoms with Crippen LogP contribution in [0.15, 0.2) is 30.3 Å². The van der Waals surface area contributed by atoms with Gasteiger partial charge >= 0.3 is 0 Å². The molecule has 0 saturated carbocycles. The Balaban J connectivity index is 2.82. The molecule has 0 N–H and O–H groups in total. The first-order valence-corrected chi connectivity index (χ1v) is 5.16. The van der Waals surface area contributed by atoms with Crippen molar-refractivity contribution in [2.75, 3.05) is 5.33 Å². The summed E-state index contributed by atoms with van der Waals surface area (Å²) in [6.07, 6.45) is 0.276. The van der Waals surface area contributed by atoms with Gasteiger partial charge in [0.15, 0.2) is 0 Å². The van der Waals surface area contributed by atoms with E-state index in [2.05, 4.69) is 15.9 Å². The molecule has 0 aliphatic rings. The fraction of sp³-hybridized carbons (Fsp3) is 0.333. The van der Waals surface area contributed by atoms with Gasteiger partial charge in [-0.1, -0.05) is 57.9 Å². The van der Waals surface area contributed by atoms with Gasteiger partial charge in [0, 0.05) is 17.3 Å². The molecule has 0 bridgehead atoms. The van der Waals surface area contributed by atoms with Gasteiger partial charge in [-0.15, -0.1) is 0 Å². The van der Waals surface area contributed by atoms with E-state index < -0.39 is 5.13 Å². The molecule has 3 heteroatoms. The van der Waals surface area contributed by atoms with Crippen molar-refractivity contribution in [3.63, 3.8) is 0 Å². The minimum Gasteiger partial charge on any atom is -0.221 e. The highest BCUT2D eigenvalue weighted by Crippen LogP contribution is 2.34. The summed E-state index contributed by atoms with van der Waals surface area (Å²) in [5, 5.41) is -1.17. The van der Waals surface area contributed by atoms with E-state index in [0.717, 1.165) is 0 Å². The van der Waals surface area contributed by atoms with Crippen LogP contribution in [0.2, 0.25) is 0 Å². The maximum Gasteiger partial charge on any atom is 0.209 e. The second kappa shape index (κ2) is 4.24. The Morgan fingerprint density at radius 2 is 1.92 bits per heavy atom. The van der Waals surface area contributed by atoms with E-state index in [1.807, 2.05) is 6.07 Å². The van der Waals surface area contributed by atoms with Crippen molar-refractivity contribution < 1.29 is 4.39 Å². The van der Waals surface area contributed by atoms with E-state index in [1.54, 1.807) is 24.3 Å². The van der Waals surface area contributed by atoms with Gasteiger partial charge in [-0.2, -0.15) is 0 Å². The first-order chi connectivity index (χ1) is 5.67. The van der Waals surface area contributed by atoms with Crippen LogP contribution in [0, 0.1) is 0 Å². The van der Waals surface area contributed by atoms with Crippen molar-refractivity contribution in [1.82, 2.24) is 0 Å². The Hall–Kier alpha value is -0.0800. The van der Waals surface area contributed by atoms with Crippen LogP contribution in [0.1, 0.15) is 12.0 Å². The SMILES string of the molecule is FC(Cl)(CCBr)c1ccccc1. The molecule has 0 spiro atoms. The Kier molecular flexibility index (Phi) is 3.53. The van der Waals surface area contributed by atoms with E-state index >= 15 is 0 Å². The number of alkyl halides is 3. The predicted octanol–water partition coefficient (Wildman–Crippen LogP) is 3.83. The van der Waals surface area contributed by atoms with Crippen molar-refractivity contribution >= 4 is 27.5 Å². The largest absolute Gasteiger partial charge is 0.221 e. The van der Waals surface area contributed by atoms with Crippen LogP contribution in [-0.2, 0) is 5.13 Å². The summed E-state index contributed by atoms with van der Waals surface area (Å²) in [6, 6.07) is 8.77. The molecule has 0 aromatic heterocycles. The van der Waals surface area contributed by atoms with Crippen molar-refractivity contribution in [2.45, 2.75) is 11.5 Å². The Morgan fingerprint density at radius 1 is 1.33 bits per heavy atom. The van der Waals surface area contributed by atoms with E-state index in [0.29, 0.717) is 10.9 Å². The van der Waals surface area contributed by atoms with E-state index in [-0.39, 0.29) is 6.42 Å². The highest BCUT2D eigenvalue weighted by molar-refractivity contribution is 9.09. The average molecular weight is 252 g/mol. The van der Waals surface area contributed by atoms with Crippen LogP contribution in [0.4, 0.5) is 4.39 Å². The molecule has 0 aliphatic carbocycles. The monoisotopic (exact) mass is 250 g/mol. The predicted molar refractivity (Wildman–Crippen MR) is 53.5 cm³/mol. The zero-order valence-electron chi connectivity index (χ0n) is 6.43. The highest BCUT2D eigenvalue weighted by Gasteiger charge is 2.27. The lowest BCUT2D eigenvalue weighted by Gasteiger charge is -2.16. The molecule has 0 heterocycles. The van der Waals surface area contributed by atoms with Gasteiger partial charge in [0.2, 0.25) is 5.13 Å². The second-order valence-corrected chi connectivity index (χ2v) is 3.90. The van der Waals surface area contributed by atoms with E-state index in [4.69, 9.17) is 11.6 Å². The molecule has 66 valence electrons. The van der Waals surface area contributed by atoms with Crippen molar-refractivity contribution in [2.24, 2.45) is 0 Å². The molecular weight excluding hydrogens is 242 g/mol. The summed E-state index contributed by atoms with van der Waals surface area (Å²) in [7, 11) is 0. The maximum absolute atomic E-state index is 13.6. The molecule has 12 heavy (non-hydrogen) atoms. The first kappa shape index (κ1) is 10.0. The minimum absolute atomic E-state index is 0.276. The lowest BCUT2D eigenvalue weighted by atomic mass is 10.1. The standard InChI is InChI=1S/C9H9BrClF/c10-7-6-9(11,12)8-4-2-1-3-5-8/h1-5H,6-7H2. The third kappa shape index (κ3) is 2.46. The molecule has 0 amide bonds. The topological polar surface area (TPSA) is 0 Å². The summed E-state index contributed by atoms with van der Waals surface area (Å²) in [5.74, 6) is 0. The van der Waals surface area contributed by atoms with Crippen LogP contribution in [0.5, 0.6) is 0 Å². The third-order valence-electron chi connectivity index (χ3n) is 1.60. The van der Waals surface area contributed by atoms with E-state index in [9.17, 15) is 4.39 Å². The molecule has 0 saturated heterocycles. The molecule has 0 fully saturated rings. The van der Waals surface area contributed by atoms with Crippen LogP contribution >= 0.6 is 27.5 Å². The van der Waals surface area contributed by atoms with Gasteiger partial charge in [-0.05, 0) is 0 Å². The molecule has 0 aliphatic heterocycles. The van der Waals surface area contributed by atoms with E-state index in [1.165, 1.54) is 0 Å².